The summed E-state index contributed by atoms with van der Waals surface area (Å²) in [5.41, 5.74) is 0.794. The third kappa shape index (κ3) is 4.61. The van der Waals surface area contributed by atoms with Crippen molar-refractivity contribution in [1.82, 2.24) is 9.97 Å². The van der Waals surface area contributed by atoms with Crippen molar-refractivity contribution in [2.45, 2.75) is 39.3 Å². The summed E-state index contributed by atoms with van der Waals surface area (Å²) < 4.78 is 45.4. The molecule has 0 radical (unpaired) electrons. The van der Waals surface area contributed by atoms with Gasteiger partial charge in [0.05, 0.1) is 6.61 Å². The van der Waals surface area contributed by atoms with E-state index in [0.29, 0.717) is 5.69 Å². The van der Waals surface area contributed by atoms with E-state index in [4.69, 9.17) is 4.74 Å². The summed E-state index contributed by atoms with van der Waals surface area (Å²) in [5, 5.41) is 0. The van der Waals surface area contributed by atoms with Gasteiger partial charge < -0.3 is 9.64 Å². The molecule has 7 heteroatoms. The molecule has 2 rings (SSSR count). The first-order chi connectivity index (χ1) is 11.9. The van der Waals surface area contributed by atoms with Crippen molar-refractivity contribution in [3.05, 3.63) is 41.6 Å². The van der Waals surface area contributed by atoms with Gasteiger partial charge in [0.2, 0.25) is 0 Å². The molecule has 0 bridgehead atoms. The minimum atomic E-state index is -4.55. The summed E-state index contributed by atoms with van der Waals surface area (Å²) in [4.78, 5) is 9.12. The van der Waals surface area contributed by atoms with Crippen LogP contribution in [0.1, 0.15) is 37.8 Å². The minimum Gasteiger partial charge on any atom is -0.464 e. The van der Waals surface area contributed by atoms with Crippen LogP contribution in [0.25, 0.3) is 0 Å². The number of ether oxygens (including phenoxy) is 1. The number of rotatable bonds is 7. The van der Waals surface area contributed by atoms with Crippen molar-refractivity contribution in [2.24, 2.45) is 0 Å². The highest BCUT2D eigenvalue weighted by atomic mass is 19.4. The zero-order valence-corrected chi connectivity index (χ0v) is 14.6. The summed E-state index contributed by atoms with van der Waals surface area (Å²) >= 11 is 0. The highest BCUT2D eigenvalue weighted by Crippen LogP contribution is 2.38. The lowest BCUT2D eigenvalue weighted by molar-refractivity contribution is -0.137. The van der Waals surface area contributed by atoms with Crippen LogP contribution in [0.2, 0.25) is 0 Å². The molecule has 0 amide bonds. The van der Waals surface area contributed by atoms with Crippen molar-refractivity contribution in [3.63, 3.8) is 0 Å². The predicted octanol–water partition coefficient (Wildman–Crippen LogP) is 5.00. The topological polar surface area (TPSA) is 38.2 Å². The second-order valence-corrected chi connectivity index (χ2v) is 5.61. The summed E-state index contributed by atoms with van der Waals surface area (Å²) in [6, 6.07) is 7.36. The lowest BCUT2D eigenvalue weighted by Gasteiger charge is -2.24. The van der Waals surface area contributed by atoms with Gasteiger partial charge in [-0.2, -0.15) is 18.2 Å². The smallest absolute Gasteiger partial charge is 0.421 e. The van der Waals surface area contributed by atoms with Crippen LogP contribution in [0.4, 0.5) is 24.7 Å². The van der Waals surface area contributed by atoms with Crippen LogP contribution in [-0.4, -0.2) is 23.6 Å². The molecule has 0 aliphatic carbocycles. The largest absolute Gasteiger partial charge is 0.464 e. The number of alkyl halides is 3. The van der Waals surface area contributed by atoms with E-state index in [9.17, 15) is 13.2 Å². The monoisotopic (exact) mass is 353 g/mol. The Bertz CT molecular complexity index is 704. The average molecular weight is 353 g/mol. The Morgan fingerprint density at radius 2 is 1.88 bits per heavy atom. The standard InChI is InChI=1S/C18H22F3N3O/c1-4-6-9-13-10-7-8-11-15(13)24(3)16-14(18(19,20)21)12-22-17(23-16)25-5-2/h7-8,10-12H,4-6,9H2,1-3H3. The van der Waals surface area contributed by atoms with Crippen molar-refractivity contribution >= 4 is 11.5 Å². The van der Waals surface area contributed by atoms with E-state index in [1.54, 1.807) is 26.1 Å². The van der Waals surface area contributed by atoms with Crippen LogP contribution in [0.3, 0.4) is 0 Å². The van der Waals surface area contributed by atoms with Crippen LogP contribution in [0, 0.1) is 0 Å². The van der Waals surface area contributed by atoms with E-state index in [2.05, 4.69) is 16.9 Å². The first-order valence-corrected chi connectivity index (χ1v) is 8.27. The highest BCUT2D eigenvalue weighted by molar-refractivity contribution is 5.66. The van der Waals surface area contributed by atoms with Gasteiger partial charge in [-0.25, -0.2) is 4.98 Å². The SMILES string of the molecule is CCCCc1ccccc1N(C)c1nc(OCC)ncc1C(F)(F)F. The summed E-state index contributed by atoms with van der Waals surface area (Å²) in [6.45, 7) is 4.08. The lowest BCUT2D eigenvalue weighted by atomic mass is 10.1. The summed E-state index contributed by atoms with van der Waals surface area (Å²) in [6.07, 6.45) is -1.01. The van der Waals surface area contributed by atoms with E-state index in [0.717, 1.165) is 31.0 Å². The van der Waals surface area contributed by atoms with Gasteiger partial charge in [-0.05, 0) is 31.4 Å². The number of hydrogen-bond donors (Lipinski definition) is 0. The number of para-hydroxylation sites is 1. The number of anilines is 2. The third-order valence-corrected chi connectivity index (χ3v) is 3.80. The molecule has 0 saturated carbocycles. The quantitative estimate of drug-likeness (QED) is 0.702. The molecule has 0 aliphatic heterocycles. The van der Waals surface area contributed by atoms with E-state index in [1.807, 2.05) is 12.1 Å². The maximum Gasteiger partial charge on any atom is 0.421 e. The third-order valence-electron chi connectivity index (χ3n) is 3.80. The van der Waals surface area contributed by atoms with Gasteiger partial charge in [-0.15, -0.1) is 0 Å². The van der Waals surface area contributed by atoms with E-state index >= 15 is 0 Å². The number of aromatic nitrogens is 2. The summed E-state index contributed by atoms with van der Waals surface area (Å²) in [7, 11) is 1.58. The fourth-order valence-corrected chi connectivity index (χ4v) is 2.54. The zero-order valence-electron chi connectivity index (χ0n) is 14.6. The molecular formula is C18H22F3N3O. The first kappa shape index (κ1) is 19.0. The molecule has 0 atom stereocenters. The predicted molar refractivity (Wildman–Crippen MR) is 91.3 cm³/mol. The Labute approximate surface area is 145 Å². The van der Waals surface area contributed by atoms with Crippen molar-refractivity contribution in [1.29, 1.82) is 0 Å². The number of halogens is 3. The van der Waals surface area contributed by atoms with Crippen LogP contribution >= 0.6 is 0 Å². The molecule has 1 heterocycles. The van der Waals surface area contributed by atoms with Crippen LogP contribution in [-0.2, 0) is 12.6 Å². The molecular weight excluding hydrogens is 331 g/mol. The fourth-order valence-electron chi connectivity index (χ4n) is 2.54. The molecule has 0 aliphatic rings. The molecule has 4 nitrogen and oxygen atoms in total. The molecule has 0 spiro atoms. The zero-order chi connectivity index (χ0) is 18.4. The van der Waals surface area contributed by atoms with E-state index in [1.165, 1.54) is 4.90 Å². The molecule has 0 unspecified atom stereocenters. The normalized spacial score (nSPS) is 11.4. The molecule has 136 valence electrons. The van der Waals surface area contributed by atoms with Crippen molar-refractivity contribution < 1.29 is 17.9 Å². The van der Waals surface area contributed by atoms with E-state index in [-0.39, 0.29) is 18.4 Å². The Morgan fingerprint density at radius 1 is 1.16 bits per heavy atom. The number of unbranched alkanes of at least 4 members (excludes halogenated alkanes) is 1. The maximum atomic E-state index is 13.4. The second-order valence-electron chi connectivity index (χ2n) is 5.61. The van der Waals surface area contributed by atoms with Gasteiger partial charge in [0.15, 0.2) is 5.82 Å². The van der Waals surface area contributed by atoms with Gasteiger partial charge in [-0.1, -0.05) is 31.5 Å². The molecule has 0 fully saturated rings. The first-order valence-electron chi connectivity index (χ1n) is 8.27. The van der Waals surface area contributed by atoms with Gasteiger partial charge in [0, 0.05) is 18.9 Å². The van der Waals surface area contributed by atoms with E-state index < -0.39 is 11.7 Å². The molecule has 0 N–H and O–H groups in total. The molecule has 25 heavy (non-hydrogen) atoms. The van der Waals surface area contributed by atoms with Crippen molar-refractivity contribution in [3.8, 4) is 6.01 Å². The minimum absolute atomic E-state index is 0.0663. The van der Waals surface area contributed by atoms with Crippen LogP contribution < -0.4 is 9.64 Å². The molecule has 1 aromatic carbocycles. The number of nitrogens with zero attached hydrogens (tertiary/aromatic N) is 3. The molecule has 1 aromatic heterocycles. The Hall–Kier alpha value is -2.31. The van der Waals surface area contributed by atoms with Gasteiger partial charge in [0.25, 0.3) is 0 Å². The van der Waals surface area contributed by atoms with Gasteiger partial charge >= 0.3 is 12.2 Å². The Kier molecular flexibility index (Phi) is 6.22. The average Bonchev–Trinajstić information content (AvgIpc) is 2.59. The Balaban J connectivity index is 2.50. The lowest BCUT2D eigenvalue weighted by Crippen LogP contribution is -2.20. The maximum absolute atomic E-state index is 13.4. The van der Waals surface area contributed by atoms with Crippen LogP contribution in [0.5, 0.6) is 6.01 Å². The fraction of sp³-hybridized carbons (Fsp3) is 0.444. The van der Waals surface area contributed by atoms with Crippen molar-refractivity contribution in [2.75, 3.05) is 18.6 Å². The van der Waals surface area contributed by atoms with Crippen LogP contribution in [0.15, 0.2) is 30.5 Å². The molecule has 0 saturated heterocycles. The number of hydrogen-bond acceptors (Lipinski definition) is 4. The second kappa shape index (κ2) is 8.18. The van der Waals surface area contributed by atoms with Gasteiger partial charge in [0.1, 0.15) is 5.56 Å². The highest BCUT2D eigenvalue weighted by Gasteiger charge is 2.37. The molecule has 2 aromatic rings. The van der Waals surface area contributed by atoms with Gasteiger partial charge in [-0.3, -0.25) is 0 Å². The number of aryl methyl sites for hydroxylation is 1. The summed E-state index contributed by atoms with van der Waals surface area (Å²) in [5.74, 6) is -0.213. The number of benzene rings is 1. The Morgan fingerprint density at radius 3 is 2.52 bits per heavy atom.